The van der Waals surface area contributed by atoms with Gasteiger partial charge in [0, 0.05) is 0 Å². The van der Waals surface area contributed by atoms with E-state index in [-0.39, 0.29) is 0 Å². The van der Waals surface area contributed by atoms with Crippen molar-refractivity contribution >= 4 is 0 Å². The first-order valence-corrected chi connectivity index (χ1v) is 3.43. The van der Waals surface area contributed by atoms with Crippen LogP contribution in [0.15, 0.2) is 12.5 Å². The molecule has 0 saturated carbocycles. The average molecular weight is 258 g/mol. The molecule has 0 radical (unpaired) electrons. The minimum Gasteiger partial charge on any atom is -0.414 e. The lowest BCUT2D eigenvalue weighted by atomic mass is 10.1. The zero-order valence-corrected chi connectivity index (χ0v) is 7.05. The second-order valence-electron chi connectivity index (χ2n) is 2.76. The molecule has 1 fully saturated rings. The van der Waals surface area contributed by atoms with Crippen LogP contribution >= 0.6 is 0 Å². The van der Waals surface area contributed by atoms with Crippen LogP contribution < -0.4 is 0 Å². The van der Waals surface area contributed by atoms with Crippen molar-refractivity contribution < 1.29 is 44.6 Å². The summed E-state index contributed by atoms with van der Waals surface area (Å²) >= 11 is 0. The third-order valence-corrected chi connectivity index (χ3v) is 1.65. The second-order valence-corrected chi connectivity index (χ2v) is 2.76. The molecule has 0 aliphatic carbocycles. The molecule has 0 spiro atoms. The molecule has 0 amide bonds. The van der Waals surface area contributed by atoms with Gasteiger partial charge in [-0.05, 0) is 6.58 Å². The molecule has 1 rings (SSSR count). The molecule has 10 heteroatoms. The topological polar surface area (TPSA) is 18.5 Å². The Hall–Kier alpha value is -1.22. The highest BCUT2D eigenvalue weighted by atomic mass is 19.4. The zero-order valence-electron chi connectivity index (χ0n) is 7.05. The van der Waals surface area contributed by atoms with Gasteiger partial charge in [-0.15, -0.1) is 0 Å². The molecule has 0 aromatic heterocycles. The maximum atomic E-state index is 13.0. The standard InChI is InChI=1S/C6H2F8O2/c1-2-15-3(7,5(9,10)11)4(8,16-2)6(12,13)14/h1H2. The Morgan fingerprint density at radius 2 is 1.06 bits per heavy atom. The molecular weight excluding hydrogens is 256 g/mol. The van der Waals surface area contributed by atoms with Gasteiger partial charge in [0.15, 0.2) is 0 Å². The molecule has 2 unspecified atom stereocenters. The molecule has 1 saturated heterocycles. The summed E-state index contributed by atoms with van der Waals surface area (Å²) in [5.41, 5.74) is 0. The number of alkyl halides is 8. The lowest BCUT2D eigenvalue weighted by molar-refractivity contribution is -0.422. The Morgan fingerprint density at radius 3 is 1.25 bits per heavy atom. The Labute approximate surface area is 82.4 Å². The van der Waals surface area contributed by atoms with E-state index in [1.165, 1.54) is 0 Å². The van der Waals surface area contributed by atoms with Crippen molar-refractivity contribution in [1.82, 2.24) is 0 Å². The Balaban J connectivity index is 3.34. The zero-order chi connectivity index (χ0) is 13.0. The second kappa shape index (κ2) is 2.92. The molecule has 0 aromatic rings. The molecule has 1 aliphatic heterocycles. The Morgan fingerprint density at radius 1 is 0.812 bits per heavy atom. The average Bonchev–Trinajstić information content (AvgIpc) is 2.21. The number of ether oxygens (including phenoxy) is 2. The van der Waals surface area contributed by atoms with Crippen LogP contribution in [-0.4, -0.2) is 24.1 Å². The maximum Gasteiger partial charge on any atom is 0.468 e. The van der Waals surface area contributed by atoms with Gasteiger partial charge in [0.05, 0.1) is 0 Å². The van der Waals surface area contributed by atoms with Crippen molar-refractivity contribution in [3.05, 3.63) is 12.5 Å². The van der Waals surface area contributed by atoms with Crippen molar-refractivity contribution in [2.75, 3.05) is 0 Å². The smallest absolute Gasteiger partial charge is 0.414 e. The van der Waals surface area contributed by atoms with Crippen LogP contribution in [0.25, 0.3) is 0 Å². The van der Waals surface area contributed by atoms with Crippen molar-refractivity contribution in [2.45, 2.75) is 24.1 Å². The van der Waals surface area contributed by atoms with Crippen LogP contribution in [0.1, 0.15) is 0 Å². The van der Waals surface area contributed by atoms with Crippen molar-refractivity contribution in [2.24, 2.45) is 0 Å². The monoisotopic (exact) mass is 258 g/mol. The first kappa shape index (κ1) is 12.8. The molecule has 16 heavy (non-hydrogen) atoms. The molecule has 2 atom stereocenters. The van der Waals surface area contributed by atoms with E-state index in [4.69, 9.17) is 0 Å². The highest BCUT2D eigenvalue weighted by molar-refractivity contribution is 5.06. The van der Waals surface area contributed by atoms with Gasteiger partial charge in [0.1, 0.15) is 0 Å². The van der Waals surface area contributed by atoms with E-state index in [2.05, 4.69) is 16.1 Å². The molecule has 0 aromatic carbocycles. The molecular formula is C6H2F8O2. The molecule has 94 valence electrons. The van der Waals surface area contributed by atoms with E-state index in [9.17, 15) is 35.1 Å². The highest BCUT2D eigenvalue weighted by Crippen LogP contribution is 2.58. The van der Waals surface area contributed by atoms with Crippen LogP contribution in [0.3, 0.4) is 0 Å². The van der Waals surface area contributed by atoms with Gasteiger partial charge in [-0.1, -0.05) is 0 Å². The van der Waals surface area contributed by atoms with Gasteiger partial charge in [-0.3, -0.25) is 0 Å². The fourth-order valence-corrected chi connectivity index (χ4v) is 0.946. The van der Waals surface area contributed by atoms with Crippen LogP contribution in [0, 0.1) is 0 Å². The number of rotatable bonds is 0. The summed E-state index contributed by atoms with van der Waals surface area (Å²) in [6, 6.07) is 0. The summed E-state index contributed by atoms with van der Waals surface area (Å²) < 4.78 is 104. The third-order valence-electron chi connectivity index (χ3n) is 1.65. The maximum absolute atomic E-state index is 13.0. The van der Waals surface area contributed by atoms with Crippen LogP contribution in [0.5, 0.6) is 0 Å². The molecule has 1 heterocycles. The quantitative estimate of drug-likeness (QED) is 0.622. The van der Waals surface area contributed by atoms with Gasteiger partial charge in [-0.25, -0.2) is 0 Å². The van der Waals surface area contributed by atoms with Crippen molar-refractivity contribution in [3.8, 4) is 0 Å². The number of hydrogen-bond acceptors (Lipinski definition) is 2. The van der Waals surface area contributed by atoms with Crippen LogP contribution in [0.4, 0.5) is 35.1 Å². The summed E-state index contributed by atoms with van der Waals surface area (Å²) in [5, 5.41) is 0. The van der Waals surface area contributed by atoms with Crippen molar-refractivity contribution in [3.63, 3.8) is 0 Å². The fourth-order valence-electron chi connectivity index (χ4n) is 0.946. The largest absolute Gasteiger partial charge is 0.468 e. The predicted molar refractivity (Wildman–Crippen MR) is 31.1 cm³/mol. The van der Waals surface area contributed by atoms with E-state index in [0.717, 1.165) is 0 Å². The van der Waals surface area contributed by atoms with E-state index in [0.29, 0.717) is 0 Å². The van der Waals surface area contributed by atoms with Gasteiger partial charge in [0.2, 0.25) is 0 Å². The summed E-state index contributed by atoms with van der Waals surface area (Å²) in [6.45, 7) is 2.35. The van der Waals surface area contributed by atoms with E-state index >= 15 is 0 Å². The lowest BCUT2D eigenvalue weighted by Crippen LogP contribution is -2.62. The minimum absolute atomic E-state index is 1.75. The Kier molecular flexibility index (Phi) is 2.34. The fraction of sp³-hybridized carbons (Fsp3) is 0.667. The highest BCUT2D eigenvalue weighted by Gasteiger charge is 2.88. The van der Waals surface area contributed by atoms with Crippen molar-refractivity contribution in [1.29, 1.82) is 0 Å². The van der Waals surface area contributed by atoms with Gasteiger partial charge in [0.25, 0.3) is 5.95 Å². The summed E-state index contributed by atoms with van der Waals surface area (Å²) in [4.78, 5) is 0. The van der Waals surface area contributed by atoms with Crippen LogP contribution in [0.2, 0.25) is 0 Å². The summed E-state index contributed by atoms with van der Waals surface area (Å²) in [6.07, 6.45) is -12.6. The van der Waals surface area contributed by atoms with Gasteiger partial charge >= 0.3 is 24.1 Å². The lowest BCUT2D eigenvalue weighted by Gasteiger charge is -2.30. The van der Waals surface area contributed by atoms with Crippen LogP contribution in [-0.2, 0) is 9.47 Å². The third kappa shape index (κ3) is 1.39. The summed E-state index contributed by atoms with van der Waals surface area (Å²) in [5.74, 6) is -13.1. The molecule has 2 nitrogen and oxygen atoms in total. The van der Waals surface area contributed by atoms with E-state index < -0.39 is 30.0 Å². The molecule has 0 N–H and O–H groups in total. The molecule has 1 aliphatic rings. The number of halogens is 8. The first-order chi connectivity index (χ1) is 6.85. The van der Waals surface area contributed by atoms with Gasteiger partial charge in [-0.2, -0.15) is 35.1 Å². The minimum atomic E-state index is -6.28. The number of hydrogen-bond donors (Lipinski definition) is 0. The normalized spacial score (nSPS) is 35.9. The van der Waals surface area contributed by atoms with E-state index in [1.54, 1.807) is 0 Å². The molecule has 0 bridgehead atoms. The Bertz CT molecular complexity index is 289. The summed E-state index contributed by atoms with van der Waals surface area (Å²) in [7, 11) is 0. The van der Waals surface area contributed by atoms with E-state index in [1.807, 2.05) is 0 Å². The SMILES string of the molecule is C=C1OC(F)(C(F)(F)F)C(F)(C(F)(F)F)O1. The van der Waals surface area contributed by atoms with Gasteiger partial charge < -0.3 is 9.47 Å². The predicted octanol–water partition coefficient (Wildman–Crippen LogP) is 2.96. The first-order valence-electron chi connectivity index (χ1n) is 3.43.